The van der Waals surface area contributed by atoms with E-state index in [1.54, 1.807) is 0 Å². The Labute approximate surface area is 118 Å². The predicted octanol–water partition coefficient (Wildman–Crippen LogP) is 2.92. The highest BCUT2D eigenvalue weighted by Crippen LogP contribution is 2.35. The second-order valence-electron chi connectivity index (χ2n) is 7.01. The van der Waals surface area contributed by atoms with Gasteiger partial charge in [-0.3, -0.25) is 5.32 Å². The minimum absolute atomic E-state index is 0.255. The third-order valence-corrected chi connectivity index (χ3v) is 5.18. The molecule has 0 radical (unpaired) electrons. The zero-order valence-corrected chi connectivity index (χ0v) is 12.9. The van der Waals surface area contributed by atoms with Crippen LogP contribution >= 0.6 is 0 Å². The van der Waals surface area contributed by atoms with Gasteiger partial charge in [-0.15, -0.1) is 0 Å². The van der Waals surface area contributed by atoms with E-state index in [0.717, 1.165) is 12.8 Å². The third-order valence-electron chi connectivity index (χ3n) is 5.18. The van der Waals surface area contributed by atoms with Gasteiger partial charge >= 0.3 is 0 Å². The molecule has 2 aliphatic carbocycles. The van der Waals surface area contributed by atoms with Gasteiger partial charge in [0.25, 0.3) is 0 Å². The van der Waals surface area contributed by atoms with Crippen LogP contribution in [0.25, 0.3) is 0 Å². The maximum Gasteiger partial charge on any atom is 0.108 e. The van der Waals surface area contributed by atoms with Crippen molar-refractivity contribution in [2.75, 3.05) is 7.05 Å². The lowest BCUT2D eigenvalue weighted by molar-refractivity contribution is 0.0915. The fraction of sp³-hybridized carbons (Fsp3) is 0.938. The Balaban J connectivity index is 2.00. The maximum atomic E-state index is 9.63. The lowest BCUT2D eigenvalue weighted by Gasteiger charge is -2.43. The first kappa shape index (κ1) is 14.8. The van der Waals surface area contributed by atoms with Crippen LogP contribution in [0.5, 0.6) is 0 Å². The first-order valence-corrected chi connectivity index (χ1v) is 7.88. The van der Waals surface area contributed by atoms with E-state index >= 15 is 0 Å². The average molecular weight is 263 g/mol. The van der Waals surface area contributed by atoms with Crippen LogP contribution in [0.15, 0.2) is 0 Å². The Bertz CT molecular complexity index is 342. The fourth-order valence-corrected chi connectivity index (χ4v) is 3.28. The van der Waals surface area contributed by atoms with Gasteiger partial charge in [-0.25, -0.2) is 0 Å². The van der Waals surface area contributed by atoms with E-state index in [0.29, 0.717) is 24.0 Å². The van der Waals surface area contributed by atoms with E-state index in [-0.39, 0.29) is 5.54 Å². The van der Waals surface area contributed by atoms with Crippen molar-refractivity contribution in [3.05, 3.63) is 0 Å². The molecule has 2 fully saturated rings. The molecular weight excluding hydrogens is 234 g/mol. The summed E-state index contributed by atoms with van der Waals surface area (Å²) in [6.07, 6.45) is 6.95. The van der Waals surface area contributed by atoms with Crippen molar-refractivity contribution in [3.8, 4) is 6.07 Å². The van der Waals surface area contributed by atoms with Crippen LogP contribution in [-0.4, -0.2) is 35.6 Å². The summed E-state index contributed by atoms with van der Waals surface area (Å²) in [5.41, 5.74) is -0.255. The van der Waals surface area contributed by atoms with Crippen molar-refractivity contribution in [2.45, 2.75) is 83.0 Å². The summed E-state index contributed by atoms with van der Waals surface area (Å²) in [6.45, 7) is 6.87. The van der Waals surface area contributed by atoms with Gasteiger partial charge in [0.15, 0.2) is 0 Å². The minimum atomic E-state index is -0.255. The third kappa shape index (κ3) is 3.49. The van der Waals surface area contributed by atoms with Crippen molar-refractivity contribution in [3.63, 3.8) is 0 Å². The maximum absolute atomic E-state index is 9.63. The summed E-state index contributed by atoms with van der Waals surface area (Å²) in [6, 6.07) is 4.36. The molecule has 0 amide bonds. The zero-order chi connectivity index (χ0) is 14.0. The second kappa shape index (κ2) is 5.81. The molecule has 0 heterocycles. The first-order valence-electron chi connectivity index (χ1n) is 7.88. The van der Waals surface area contributed by atoms with Crippen LogP contribution in [0, 0.1) is 17.2 Å². The number of nitrogens with zero attached hydrogens (tertiary/aromatic N) is 2. The van der Waals surface area contributed by atoms with Crippen LogP contribution in [0.1, 0.15) is 59.3 Å². The monoisotopic (exact) mass is 263 g/mol. The van der Waals surface area contributed by atoms with Crippen molar-refractivity contribution >= 4 is 0 Å². The van der Waals surface area contributed by atoms with Gasteiger partial charge in [-0.05, 0) is 58.4 Å². The van der Waals surface area contributed by atoms with Crippen LogP contribution in [-0.2, 0) is 0 Å². The molecule has 0 aromatic carbocycles. The van der Waals surface area contributed by atoms with Crippen molar-refractivity contribution in [1.29, 1.82) is 5.26 Å². The van der Waals surface area contributed by atoms with E-state index in [9.17, 15) is 5.26 Å². The lowest BCUT2D eigenvalue weighted by Crippen LogP contribution is -2.54. The molecule has 108 valence electrons. The van der Waals surface area contributed by atoms with Crippen LogP contribution < -0.4 is 5.32 Å². The zero-order valence-electron chi connectivity index (χ0n) is 12.9. The lowest BCUT2D eigenvalue weighted by atomic mass is 9.78. The summed E-state index contributed by atoms with van der Waals surface area (Å²) in [4.78, 5) is 2.50. The summed E-state index contributed by atoms with van der Waals surface area (Å²) in [5, 5.41) is 13.3. The summed E-state index contributed by atoms with van der Waals surface area (Å²) in [7, 11) is 2.24. The largest absolute Gasteiger partial charge is 0.300 e. The quantitative estimate of drug-likeness (QED) is 0.829. The molecule has 2 rings (SSSR count). The molecule has 0 spiro atoms. The van der Waals surface area contributed by atoms with Gasteiger partial charge in [0.1, 0.15) is 5.54 Å². The fourth-order valence-electron chi connectivity index (χ4n) is 3.28. The molecule has 2 aliphatic rings. The molecule has 3 nitrogen and oxygen atoms in total. The molecule has 0 aromatic rings. The molecule has 0 bridgehead atoms. The van der Waals surface area contributed by atoms with Gasteiger partial charge in [0, 0.05) is 18.1 Å². The molecule has 0 saturated heterocycles. The molecule has 0 aliphatic heterocycles. The average Bonchev–Trinajstić information content (AvgIpc) is 3.21. The van der Waals surface area contributed by atoms with Crippen molar-refractivity contribution in [2.24, 2.45) is 5.92 Å². The molecule has 3 unspecified atom stereocenters. The van der Waals surface area contributed by atoms with E-state index < -0.39 is 0 Å². The molecule has 1 N–H and O–H groups in total. The number of hydrogen-bond donors (Lipinski definition) is 1. The van der Waals surface area contributed by atoms with Gasteiger partial charge < -0.3 is 4.90 Å². The van der Waals surface area contributed by atoms with Gasteiger partial charge in [-0.1, -0.05) is 13.8 Å². The normalized spacial score (nSPS) is 33.4. The smallest absolute Gasteiger partial charge is 0.108 e. The Morgan fingerprint density at radius 3 is 2.47 bits per heavy atom. The molecular formula is C16H29N3. The van der Waals surface area contributed by atoms with Crippen LogP contribution in [0.3, 0.4) is 0 Å². The highest BCUT2D eigenvalue weighted by Gasteiger charge is 2.42. The number of rotatable bonds is 5. The summed E-state index contributed by atoms with van der Waals surface area (Å²) in [5.74, 6) is 0.666. The first-order chi connectivity index (χ1) is 8.97. The van der Waals surface area contributed by atoms with Gasteiger partial charge in [-0.2, -0.15) is 5.26 Å². The van der Waals surface area contributed by atoms with E-state index in [1.807, 2.05) is 0 Å². The van der Waals surface area contributed by atoms with Crippen molar-refractivity contribution in [1.82, 2.24) is 10.2 Å². The van der Waals surface area contributed by atoms with Gasteiger partial charge in [0.2, 0.25) is 0 Å². The number of nitriles is 1. The SMILES string of the molecule is CC(C)C(C)N(C)C1CCCC(C#N)(NC2CC2)C1. The Kier molecular flexibility index (Phi) is 4.53. The van der Waals surface area contributed by atoms with Crippen molar-refractivity contribution < 1.29 is 0 Å². The van der Waals surface area contributed by atoms with E-state index in [2.05, 4.69) is 44.1 Å². The molecule has 3 heteroatoms. The topological polar surface area (TPSA) is 39.1 Å². The highest BCUT2D eigenvalue weighted by molar-refractivity contribution is 5.13. The van der Waals surface area contributed by atoms with E-state index in [4.69, 9.17) is 0 Å². The van der Waals surface area contributed by atoms with Gasteiger partial charge in [0.05, 0.1) is 6.07 Å². The predicted molar refractivity (Wildman–Crippen MR) is 78.8 cm³/mol. The highest BCUT2D eigenvalue weighted by atomic mass is 15.2. The molecule has 19 heavy (non-hydrogen) atoms. The molecule has 2 saturated carbocycles. The summed E-state index contributed by atoms with van der Waals surface area (Å²) >= 11 is 0. The Morgan fingerprint density at radius 1 is 1.26 bits per heavy atom. The Morgan fingerprint density at radius 2 is 1.95 bits per heavy atom. The van der Waals surface area contributed by atoms with Crippen LogP contribution in [0.4, 0.5) is 0 Å². The molecule has 3 atom stereocenters. The number of hydrogen-bond acceptors (Lipinski definition) is 3. The van der Waals surface area contributed by atoms with Crippen LogP contribution in [0.2, 0.25) is 0 Å². The Hall–Kier alpha value is -0.590. The summed E-state index contributed by atoms with van der Waals surface area (Å²) < 4.78 is 0. The number of nitrogens with one attached hydrogen (secondary N) is 1. The second-order valence-corrected chi connectivity index (χ2v) is 7.01. The minimum Gasteiger partial charge on any atom is -0.300 e. The molecule has 0 aromatic heterocycles. The van der Waals surface area contributed by atoms with E-state index in [1.165, 1.54) is 25.7 Å². The standard InChI is InChI=1S/C16H29N3/c1-12(2)13(3)19(4)15-6-5-9-16(10-15,11-17)18-14-7-8-14/h12-15,18H,5-10H2,1-4H3.